The predicted molar refractivity (Wildman–Crippen MR) is 75.7 cm³/mol. The van der Waals surface area contributed by atoms with Gasteiger partial charge in [0, 0.05) is 18.2 Å². The molecule has 0 bridgehead atoms. The number of amides is 1. The number of nitrogen functional groups attached to an aromatic ring is 1. The van der Waals surface area contributed by atoms with Crippen LogP contribution in [0.5, 0.6) is 0 Å². The number of hydrogen-bond donors (Lipinski definition) is 3. The Hall–Kier alpha value is -1.71. The second kappa shape index (κ2) is 4.88. The van der Waals surface area contributed by atoms with Gasteiger partial charge in [-0.05, 0) is 37.0 Å². The fraction of sp³-hybridized carbons (Fsp3) is 0.500. The normalized spacial score (nSPS) is 16.1. The van der Waals surface area contributed by atoms with E-state index < -0.39 is 0 Å². The lowest BCUT2D eigenvalue weighted by atomic mass is 10.0. The Morgan fingerprint density at radius 2 is 2.00 bits per heavy atom. The van der Waals surface area contributed by atoms with E-state index in [-0.39, 0.29) is 5.91 Å². The first-order valence-electron chi connectivity index (χ1n) is 6.46. The predicted octanol–water partition coefficient (Wildman–Crippen LogP) is 2.61. The van der Waals surface area contributed by atoms with E-state index in [0.29, 0.717) is 18.4 Å². The van der Waals surface area contributed by atoms with Crippen molar-refractivity contribution in [2.75, 3.05) is 16.4 Å². The van der Waals surface area contributed by atoms with E-state index in [2.05, 4.69) is 31.4 Å². The number of benzene rings is 1. The quantitative estimate of drug-likeness (QED) is 0.719. The van der Waals surface area contributed by atoms with Crippen molar-refractivity contribution in [1.29, 1.82) is 0 Å². The summed E-state index contributed by atoms with van der Waals surface area (Å²) in [5.41, 5.74) is 9.71. The molecule has 1 aliphatic rings. The molecule has 4 N–H and O–H groups in total. The van der Waals surface area contributed by atoms with Gasteiger partial charge in [-0.15, -0.1) is 0 Å². The summed E-state index contributed by atoms with van der Waals surface area (Å²) in [7, 11) is 0. The van der Waals surface area contributed by atoms with Crippen molar-refractivity contribution in [3.05, 3.63) is 17.7 Å². The van der Waals surface area contributed by atoms with E-state index in [1.807, 2.05) is 12.1 Å². The van der Waals surface area contributed by atoms with Crippen molar-refractivity contribution in [2.24, 2.45) is 5.92 Å². The van der Waals surface area contributed by atoms with E-state index in [1.165, 1.54) is 0 Å². The fourth-order valence-electron chi connectivity index (χ4n) is 1.98. The third-order valence-corrected chi connectivity index (χ3v) is 3.55. The van der Waals surface area contributed by atoms with E-state index in [0.717, 1.165) is 29.0 Å². The third-order valence-electron chi connectivity index (χ3n) is 3.55. The summed E-state index contributed by atoms with van der Waals surface area (Å²) in [4.78, 5) is 11.4. The zero-order valence-electron chi connectivity index (χ0n) is 11.2. The van der Waals surface area contributed by atoms with Crippen molar-refractivity contribution in [2.45, 2.75) is 39.7 Å². The molecule has 0 fully saturated rings. The number of nitrogens with one attached hydrogen (secondary N) is 2. The minimum atomic E-state index is 0.0788. The van der Waals surface area contributed by atoms with Crippen molar-refractivity contribution in [1.82, 2.24) is 0 Å². The van der Waals surface area contributed by atoms with Gasteiger partial charge in [0.1, 0.15) is 0 Å². The minimum Gasteiger partial charge on any atom is -0.397 e. The zero-order chi connectivity index (χ0) is 13.3. The molecule has 4 nitrogen and oxygen atoms in total. The van der Waals surface area contributed by atoms with Crippen LogP contribution < -0.4 is 16.4 Å². The molecule has 0 aromatic heterocycles. The summed E-state index contributed by atoms with van der Waals surface area (Å²) in [5.74, 6) is 0.602. The van der Waals surface area contributed by atoms with Crippen LogP contribution >= 0.6 is 0 Å². The zero-order valence-corrected chi connectivity index (χ0v) is 11.2. The van der Waals surface area contributed by atoms with Gasteiger partial charge in [0.15, 0.2) is 0 Å². The molecular weight excluding hydrogens is 226 g/mol. The number of rotatable bonds is 3. The van der Waals surface area contributed by atoms with Crippen LogP contribution in [0.2, 0.25) is 0 Å². The Bertz CT molecular complexity index is 468. The van der Waals surface area contributed by atoms with Crippen LogP contribution in [-0.4, -0.2) is 11.9 Å². The Labute approximate surface area is 108 Å². The highest BCUT2D eigenvalue weighted by Crippen LogP contribution is 2.31. The van der Waals surface area contributed by atoms with Gasteiger partial charge in [-0.1, -0.05) is 13.8 Å². The molecule has 4 heteroatoms. The standard InChI is InChI=1S/C14H21N3O/c1-8(2)9(3)16-13-7-12-10(6-11(13)15)4-5-14(18)17-12/h6-9,16H,4-5,15H2,1-3H3,(H,17,18). The van der Waals surface area contributed by atoms with Crippen LogP contribution in [0, 0.1) is 5.92 Å². The van der Waals surface area contributed by atoms with Gasteiger partial charge in [-0.2, -0.15) is 0 Å². The molecule has 1 heterocycles. The van der Waals surface area contributed by atoms with Crippen molar-refractivity contribution < 1.29 is 4.79 Å². The van der Waals surface area contributed by atoms with Crippen LogP contribution in [0.1, 0.15) is 32.8 Å². The lowest BCUT2D eigenvalue weighted by Crippen LogP contribution is -2.23. The summed E-state index contributed by atoms with van der Waals surface area (Å²) in [6.07, 6.45) is 1.31. The molecule has 1 amide bonds. The highest BCUT2D eigenvalue weighted by Gasteiger charge is 2.17. The number of anilines is 3. The highest BCUT2D eigenvalue weighted by molar-refractivity contribution is 5.95. The number of carbonyl (C=O) groups excluding carboxylic acids is 1. The molecule has 98 valence electrons. The van der Waals surface area contributed by atoms with E-state index >= 15 is 0 Å². The van der Waals surface area contributed by atoms with Gasteiger partial charge in [-0.25, -0.2) is 0 Å². The number of aryl methyl sites for hydroxylation is 1. The average Bonchev–Trinajstić information content (AvgIpc) is 2.30. The molecule has 1 aromatic carbocycles. The lowest BCUT2D eigenvalue weighted by molar-refractivity contribution is -0.116. The van der Waals surface area contributed by atoms with Gasteiger partial charge in [0.25, 0.3) is 0 Å². The summed E-state index contributed by atoms with van der Waals surface area (Å²) in [5, 5.41) is 6.29. The molecule has 1 aromatic rings. The van der Waals surface area contributed by atoms with Crippen LogP contribution in [0.15, 0.2) is 12.1 Å². The Balaban J connectivity index is 2.26. The molecule has 0 radical (unpaired) electrons. The maximum Gasteiger partial charge on any atom is 0.224 e. The number of hydrogen-bond acceptors (Lipinski definition) is 3. The maximum absolute atomic E-state index is 11.4. The molecule has 18 heavy (non-hydrogen) atoms. The first-order chi connectivity index (χ1) is 8.47. The molecule has 0 saturated heterocycles. The van der Waals surface area contributed by atoms with Crippen LogP contribution in [0.25, 0.3) is 0 Å². The monoisotopic (exact) mass is 247 g/mol. The van der Waals surface area contributed by atoms with E-state index in [9.17, 15) is 4.79 Å². The molecule has 1 aliphatic heterocycles. The minimum absolute atomic E-state index is 0.0788. The first kappa shape index (κ1) is 12.7. The third kappa shape index (κ3) is 2.58. The van der Waals surface area contributed by atoms with Crippen molar-refractivity contribution in [3.8, 4) is 0 Å². The van der Waals surface area contributed by atoms with Crippen LogP contribution in [0.4, 0.5) is 17.1 Å². The smallest absolute Gasteiger partial charge is 0.224 e. The Kier molecular flexibility index (Phi) is 3.45. The molecule has 0 spiro atoms. The first-order valence-corrected chi connectivity index (χ1v) is 6.46. The lowest BCUT2D eigenvalue weighted by Gasteiger charge is -2.23. The summed E-state index contributed by atoms with van der Waals surface area (Å²) in [6, 6.07) is 4.25. The summed E-state index contributed by atoms with van der Waals surface area (Å²) >= 11 is 0. The molecule has 2 rings (SSSR count). The SMILES string of the molecule is CC(C)C(C)Nc1cc2c(cc1N)CCC(=O)N2. The molecule has 1 atom stereocenters. The van der Waals surface area contributed by atoms with E-state index in [1.54, 1.807) is 0 Å². The van der Waals surface area contributed by atoms with Crippen LogP contribution in [-0.2, 0) is 11.2 Å². The van der Waals surface area contributed by atoms with Gasteiger partial charge in [0.2, 0.25) is 5.91 Å². The topological polar surface area (TPSA) is 67.1 Å². The molecule has 1 unspecified atom stereocenters. The second-order valence-corrected chi connectivity index (χ2v) is 5.32. The molecule has 0 aliphatic carbocycles. The van der Waals surface area contributed by atoms with Gasteiger partial charge < -0.3 is 16.4 Å². The number of nitrogens with two attached hydrogens (primary N) is 1. The second-order valence-electron chi connectivity index (χ2n) is 5.32. The number of fused-ring (bicyclic) bond motifs is 1. The number of carbonyl (C=O) groups is 1. The summed E-state index contributed by atoms with van der Waals surface area (Å²) < 4.78 is 0. The Morgan fingerprint density at radius 1 is 1.28 bits per heavy atom. The Morgan fingerprint density at radius 3 is 2.67 bits per heavy atom. The highest BCUT2D eigenvalue weighted by atomic mass is 16.1. The fourth-order valence-corrected chi connectivity index (χ4v) is 1.98. The summed E-state index contributed by atoms with van der Waals surface area (Å²) in [6.45, 7) is 6.45. The van der Waals surface area contributed by atoms with Gasteiger partial charge >= 0.3 is 0 Å². The van der Waals surface area contributed by atoms with E-state index in [4.69, 9.17) is 5.73 Å². The van der Waals surface area contributed by atoms with Crippen molar-refractivity contribution in [3.63, 3.8) is 0 Å². The van der Waals surface area contributed by atoms with Gasteiger partial charge in [0.05, 0.1) is 11.4 Å². The average molecular weight is 247 g/mol. The molecular formula is C14H21N3O. The largest absolute Gasteiger partial charge is 0.397 e. The van der Waals surface area contributed by atoms with Crippen LogP contribution in [0.3, 0.4) is 0 Å². The maximum atomic E-state index is 11.4. The molecule has 0 saturated carbocycles. The van der Waals surface area contributed by atoms with Gasteiger partial charge in [-0.3, -0.25) is 4.79 Å². The van der Waals surface area contributed by atoms with Crippen molar-refractivity contribution >= 4 is 23.0 Å².